The molecule has 7 nitrogen and oxygen atoms in total. The molecule has 8 heteroatoms. The highest BCUT2D eigenvalue weighted by molar-refractivity contribution is 7.89. The van der Waals surface area contributed by atoms with Crippen molar-refractivity contribution in [1.82, 2.24) is 14.9 Å². The van der Waals surface area contributed by atoms with Gasteiger partial charge in [0, 0.05) is 0 Å². The van der Waals surface area contributed by atoms with Crippen LogP contribution < -0.4 is 4.72 Å². The van der Waals surface area contributed by atoms with Gasteiger partial charge in [-0.15, -0.1) is 0 Å². The normalized spacial score (nSPS) is 13.9. The first-order valence-corrected chi connectivity index (χ1v) is 6.49. The number of nitrogens with one attached hydrogen (secondary N) is 2. The van der Waals surface area contributed by atoms with Gasteiger partial charge in [0.15, 0.2) is 0 Å². The number of aliphatic carboxylic acids is 1. The van der Waals surface area contributed by atoms with Crippen molar-refractivity contribution in [1.29, 1.82) is 0 Å². The van der Waals surface area contributed by atoms with Crippen molar-refractivity contribution in [2.45, 2.75) is 31.7 Å². The summed E-state index contributed by atoms with van der Waals surface area (Å²) in [7, 11) is -3.86. The minimum atomic E-state index is -3.86. The van der Waals surface area contributed by atoms with E-state index >= 15 is 0 Å². The van der Waals surface area contributed by atoms with Crippen molar-refractivity contribution in [3.8, 4) is 0 Å². The molecular weight excluding hydrogens is 246 g/mol. The molecule has 0 aliphatic rings. The van der Waals surface area contributed by atoms with Gasteiger partial charge in [0.1, 0.15) is 10.9 Å². The van der Waals surface area contributed by atoms with Crippen LogP contribution in [0.15, 0.2) is 11.1 Å². The molecule has 1 heterocycles. The maximum absolute atomic E-state index is 11.9. The average molecular weight is 261 g/mol. The number of aryl methyl sites for hydroxylation is 1. The van der Waals surface area contributed by atoms with E-state index in [0.717, 1.165) is 6.20 Å². The van der Waals surface area contributed by atoms with Gasteiger partial charge in [-0.3, -0.25) is 9.89 Å². The van der Waals surface area contributed by atoms with E-state index in [1.165, 1.54) is 0 Å². The van der Waals surface area contributed by atoms with Gasteiger partial charge < -0.3 is 5.11 Å². The van der Waals surface area contributed by atoms with Crippen LogP contribution in [0, 0.1) is 12.8 Å². The number of H-pyrrole nitrogens is 1. The largest absolute Gasteiger partial charge is 0.480 e. The lowest BCUT2D eigenvalue weighted by molar-refractivity contribution is -0.140. The fraction of sp³-hybridized carbons (Fsp3) is 0.556. The van der Waals surface area contributed by atoms with Crippen LogP contribution in [0.2, 0.25) is 0 Å². The van der Waals surface area contributed by atoms with Gasteiger partial charge in [0.2, 0.25) is 10.0 Å². The van der Waals surface area contributed by atoms with Crippen LogP contribution in [0.3, 0.4) is 0 Å². The van der Waals surface area contributed by atoms with E-state index in [4.69, 9.17) is 5.11 Å². The Morgan fingerprint density at radius 1 is 1.53 bits per heavy atom. The SMILES string of the molecule is Cc1[nH]ncc1S(=O)(=O)N[C@@H](C(=O)O)C(C)C. The van der Waals surface area contributed by atoms with E-state index in [9.17, 15) is 13.2 Å². The number of hydrogen-bond donors (Lipinski definition) is 3. The molecule has 0 radical (unpaired) electrons. The molecule has 0 spiro atoms. The first kappa shape index (κ1) is 13.7. The second kappa shape index (κ2) is 4.84. The van der Waals surface area contributed by atoms with Crippen LogP contribution in [0.5, 0.6) is 0 Å². The standard InChI is InChI=1S/C9H15N3O4S/c1-5(2)8(9(13)14)12-17(15,16)7-4-10-11-6(7)3/h4-5,8,12H,1-3H3,(H,10,11)(H,13,14)/t8-/m1/s1. The Morgan fingerprint density at radius 3 is 2.47 bits per heavy atom. The van der Waals surface area contributed by atoms with E-state index in [1.807, 2.05) is 0 Å². The second-order valence-corrected chi connectivity index (χ2v) is 5.72. The van der Waals surface area contributed by atoms with Crippen molar-refractivity contribution < 1.29 is 18.3 Å². The highest BCUT2D eigenvalue weighted by Gasteiger charge is 2.29. The number of carbonyl (C=O) groups is 1. The number of rotatable bonds is 5. The molecule has 1 atom stereocenters. The third-order valence-electron chi connectivity index (χ3n) is 2.29. The van der Waals surface area contributed by atoms with E-state index < -0.39 is 22.0 Å². The number of hydrogen-bond acceptors (Lipinski definition) is 4. The van der Waals surface area contributed by atoms with Crippen molar-refractivity contribution in [3.63, 3.8) is 0 Å². The van der Waals surface area contributed by atoms with Crippen molar-refractivity contribution in [2.24, 2.45) is 5.92 Å². The lowest BCUT2D eigenvalue weighted by Crippen LogP contribution is -2.44. The summed E-state index contributed by atoms with van der Waals surface area (Å²) >= 11 is 0. The third-order valence-corrected chi connectivity index (χ3v) is 3.84. The molecule has 3 N–H and O–H groups in total. The summed E-state index contributed by atoms with van der Waals surface area (Å²) in [4.78, 5) is 10.9. The van der Waals surface area contributed by atoms with Gasteiger partial charge in [-0.25, -0.2) is 8.42 Å². The zero-order chi connectivity index (χ0) is 13.2. The van der Waals surface area contributed by atoms with E-state index in [0.29, 0.717) is 5.69 Å². The molecule has 0 fully saturated rings. The first-order valence-electron chi connectivity index (χ1n) is 5.01. The van der Waals surface area contributed by atoms with E-state index in [1.54, 1.807) is 20.8 Å². The predicted molar refractivity (Wildman–Crippen MR) is 59.9 cm³/mol. The molecule has 1 aromatic rings. The fourth-order valence-electron chi connectivity index (χ4n) is 1.31. The molecule has 1 aromatic heterocycles. The summed E-state index contributed by atoms with van der Waals surface area (Å²) in [5.74, 6) is -1.56. The molecule has 0 aliphatic carbocycles. The molecule has 1 rings (SSSR count). The summed E-state index contributed by atoms with van der Waals surface area (Å²) in [6.07, 6.45) is 1.15. The Labute approximate surface area is 99.3 Å². The minimum Gasteiger partial charge on any atom is -0.480 e. The van der Waals surface area contributed by atoms with Crippen LogP contribution in [-0.2, 0) is 14.8 Å². The Morgan fingerprint density at radius 2 is 2.12 bits per heavy atom. The predicted octanol–water partition coefficient (Wildman–Crippen LogP) is 0.106. The molecule has 0 bridgehead atoms. The summed E-state index contributed by atoms with van der Waals surface area (Å²) in [6.45, 7) is 4.81. The zero-order valence-corrected chi connectivity index (χ0v) is 10.6. The molecule has 0 saturated heterocycles. The quantitative estimate of drug-likeness (QED) is 0.696. The average Bonchev–Trinajstić information content (AvgIpc) is 2.60. The number of aromatic nitrogens is 2. The van der Waals surface area contributed by atoms with Crippen LogP contribution in [0.25, 0.3) is 0 Å². The van der Waals surface area contributed by atoms with Crippen molar-refractivity contribution in [2.75, 3.05) is 0 Å². The topological polar surface area (TPSA) is 112 Å². The maximum Gasteiger partial charge on any atom is 0.322 e. The lowest BCUT2D eigenvalue weighted by atomic mass is 10.1. The number of sulfonamides is 1. The van der Waals surface area contributed by atoms with Gasteiger partial charge in [0.05, 0.1) is 11.9 Å². The lowest BCUT2D eigenvalue weighted by Gasteiger charge is -2.17. The Kier molecular flexibility index (Phi) is 3.89. The first-order chi connectivity index (χ1) is 7.75. The second-order valence-electron chi connectivity index (χ2n) is 4.04. The van der Waals surface area contributed by atoms with Crippen molar-refractivity contribution >= 4 is 16.0 Å². The Hall–Kier alpha value is -1.41. The summed E-state index contributed by atoms with van der Waals surface area (Å²) < 4.78 is 25.9. The third kappa shape index (κ3) is 3.04. The molecule has 0 saturated carbocycles. The fourth-order valence-corrected chi connectivity index (χ4v) is 2.79. The summed E-state index contributed by atoms with van der Waals surface area (Å²) in [5, 5.41) is 15.0. The highest BCUT2D eigenvalue weighted by atomic mass is 32.2. The summed E-state index contributed by atoms with van der Waals surface area (Å²) in [6, 6.07) is -1.16. The Bertz CT molecular complexity index is 506. The Balaban J connectivity index is 3.01. The molecule has 96 valence electrons. The number of carboxylic acids is 1. The van der Waals surface area contributed by atoms with Gasteiger partial charge in [-0.2, -0.15) is 9.82 Å². The highest BCUT2D eigenvalue weighted by Crippen LogP contribution is 2.13. The molecular formula is C9H15N3O4S. The molecule has 0 amide bonds. The minimum absolute atomic E-state index is 0.0376. The number of nitrogens with zero attached hydrogens (tertiary/aromatic N) is 1. The van der Waals surface area contributed by atoms with Crippen molar-refractivity contribution in [3.05, 3.63) is 11.9 Å². The van der Waals surface area contributed by atoms with Gasteiger partial charge >= 0.3 is 5.97 Å². The van der Waals surface area contributed by atoms with Crippen LogP contribution in [0.4, 0.5) is 0 Å². The molecule has 17 heavy (non-hydrogen) atoms. The zero-order valence-electron chi connectivity index (χ0n) is 9.76. The summed E-state index contributed by atoms with van der Waals surface area (Å²) in [5.41, 5.74) is 0.366. The van der Waals surface area contributed by atoms with E-state index in [-0.39, 0.29) is 10.8 Å². The number of carboxylic acid groups (broad SMARTS) is 1. The maximum atomic E-state index is 11.9. The van der Waals surface area contributed by atoms with Crippen LogP contribution in [0.1, 0.15) is 19.5 Å². The van der Waals surface area contributed by atoms with Gasteiger partial charge in [0.25, 0.3) is 0 Å². The van der Waals surface area contributed by atoms with E-state index in [2.05, 4.69) is 14.9 Å². The van der Waals surface area contributed by atoms with Gasteiger partial charge in [-0.1, -0.05) is 13.8 Å². The van der Waals surface area contributed by atoms with Gasteiger partial charge in [-0.05, 0) is 12.8 Å². The molecule has 0 unspecified atom stereocenters. The smallest absolute Gasteiger partial charge is 0.322 e. The molecule has 0 aliphatic heterocycles. The van der Waals surface area contributed by atoms with Crippen LogP contribution in [-0.4, -0.2) is 35.7 Å². The monoisotopic (exact) mass is 261 g/mol. The van der Waals surface area contributed by atoms with Crippen LogP contribution >= 0.6 is 0 Å². The molecule has 0 aromatic carbocycles. The number of aromatic amines is 1.